The molecule has 0 amide bonds. The molecule has 0 heterocycles. The number of hydrogen-bond acceptors (Lipinski definition) is 2. The first-order chi connectivity index (χ1) is 12.2. The molecule has 4 rings (SSSR count). The van der Waals surface area contributed by atoms with Crippen molar-refractivity contribution in [3.05, 3.63) is 65.2 Å². The third kappa shape index (κ3) is 3.69. The Bertz CT molecular complexity index is 816. The molecule has 0 N–H and O–H groups in total. The van der Waals surface area contributed by atoms with Gasteiger partial charge in [0.15, 0.2) is 0 Å². The van der Waals surface area contributed by atoms with E-state index in [9.17, 15) is 4.21 Å². The van der Waals surface area contributed by atoms with Crippen LogP contribution in [0.4, 0.5) is 0 Å². The van der Waals surface area contributed by atoms with Crippen molar-refractivity contribution in [1.29, 1.82) is 0 Å². The smallest absolute Gasteiger partial charge is 0.136 e. The molecule has 2 aromatic rings. The minimum atomic E-state index is -1.10. The molecule has 2 aromatic carbocycles. The van der Waals surface area contributed by atoms with E-state index in [-0.39, 0.29) is 0 Å². The molecule has 2 aliphatic carbocycles. The molecule has 2 bridgehead atoms. The minimum absolute atomic E-state index is 0.444. The number of hydrogen-bond donors (Lipinski definition) is 0. The number of fused-ring (bicyclic) bond motifs is 3. The largest absolute Gasteiger partial charge is 0.489 e. The molecule has 1 fully saturated rings. The molecule has 0 aromatic heterocycles. The van der Waals surface area contributed by atoms with Gasteiger partial charge in [0.05, 0.1) is 0 Å². The van der Waals surface area contributed by atoms with Gasteiger partial charge in [-0.15, -0.1) is 0 Å². The summed E-state index contributed by atoms with van der Waals surface area (Å²) in [6, 6.07) is 16.7. The Balaban J connectivity index is 1.53. The van der Waals surface area contributed by atoms with Crippen molar-refractivity contribution >= 4 is 16.7 Å². The van der Waals surface area contributed by atoms with Crippen molar-refractivity contribution in [1.82, 2.24) is 0 Å². The molecular weight excluding hydrogens is 330 g/mol. The van der Waals surface area contributed by atoms with Crippen molar-refractivity contribution in [3.8, 4) is 5.75 Å². The number of rotatable bonds is 4. The summed E-state index contributed by atoms with van der Waals surface area (Å²) in [6.45, 7) is 0.590. The lowest BCUT2D eigenvalue weighted by atomic mass is 9.93. The van der Waals surface area contributed by atoms with Crippen molar-refractivity contribution in [2.75, 3.05) is 6.26 Å². The average Bonchev–Trinajstić information content (AvgIpc) is 2.88. The first kappa shape index (κ1) is 16.5. The van der Waals surface area contributed by atoms with Crippen LogP contribution in [-0.2, 0) is 30.4 Å². The summed E-state index contributed by atoms with van der Waals surface area (Å²) >= 11 is 0. The van der Waals surface area contributed by atoms with Crippen LogP contribution >= 0.6 is 0 Å². The SMILES string of the molecule is CS(=O)/N=C1\[C@@H]2CC[C@H]1Cc1cc(OCc3ccccc3)ccc1C2. The Hall–Kier alpha value is -1.94. The molecule has 2 aliphatic rings. The van der Waals surface area contributed by atoms with Gasteiger partial charge in [-0.1, -0.05) is 36.4 Å². The van der Waals surface area contributed by atoms with Crippen LogP contribution in [0.25, 0.3) is 0 Å². The quantitative estimate of drug-likeness (QED) is 0.829. The highest BCUT2D eigenvalue weighted by Gasteiger charge is 2.36. The van der Waals surface area contributed by atoms with Crippen molar-refractivity contribution in [2.24, 2.45) is 16.2 Å². The van der Waals surface area contributed by atoms with Crippen LogP contribution in [0.15, 0.2) is 52.9 Å². The maximum Gasteiger partial charge on any atom is 0.136 e. The second kappa shape index (κ2) is 7.12. The van der Waals surface area contributed by atoms with Gasteiger partial charge in [0.2, 0.25) is 0 Å². The molecule has 0 radical (unpaired) electrons. The van der Waals surface area contributed by atoms with Gasteiger partial charge >= 0.3 is 0 Å². The van der Waals surface area contributed by atoms with Gasteiger partial charge in [0, 0.05) is 23.8 Å². The number of nitrogens with zero attached hydrogens (tertiary/aromatic N) is 1. The van der Waals surface area contributed by atoms with Crippen LogP contribution in [-0.4, -0.2) is 16.2 Å². The first-order valence-electron chi connectivity index (χ1n) is 8.89. The van der Waals surface area contributed by atoms with Crippen molar-refractivity contribution in [3.63, 3.8) is 0 Å². The molecule has 1 saturated carbocycles. The van der Waals surface area contributed by atoms with E-state index in [1.807, 2.05) is 18.2 Å². The Kier molecular flexibility index (Phi) is 4.71. The van der Waals surface area contributed by atoms with E-state index in [4.69, 9.17) is 4.74 Å². The van der Waals surface area contributed by atoms with Crippen LogP contribution in [0.3, 0.4) is 0 Å². The van der Waals surface area contributed by atoms with Crippen LogP contribution < -0.4 is 4.74 Å². The molecular formula is C21H23NO2S. The molecule has 130 valence electrons. The topological polar surface area (TPSA) is 38.7 Å². The predicted molar refractivity (Wildman–Crippen MR) is 102 cm³/mol. The maximum atomic E-state index is 11.6. The third-order valence-corrected chi connectivity index (χ3v) is 5.76. The lowest BCUT2D eigenvalue weighted by Gasteiger charge is -2.14. The van der Waals surface area contributed by atoms with E-state index in [0.717, 1.165) is 25.0 Å². The average molecular weight is 353 g/mol. The highest BCUT2D eigenvalue weighted by molar-refractivity contribution is 7.83. The summed E-state index contributed by atoms with van der Waals surface area (Å²) in [5.41, 5.74) is 5.13. The fourth-order valence-corrected chi connectivity index (χ4v) is 4.69. The fraction of sp³-hybridized carbons (Fsp3) is 0.381. The molecule has 4 heteroatoms. The van der Waals surface area contributed by atoms with E-state index in [1.165, 1.54) is 28.8 Å². The van der Waals surface area contributed by atoms with Gasteiger partial charge in [-0.05, 0) is 54.5 Å². The number of ether oxygens (including phenoxy) is 1. The molecule has 3 atom stereocenters. The standard InChI is InChI=1S/C21H23NO2S/c1-25(23)22-21-17-7-8-18(21)12-19-13-20(10-9-16(19)11-17)24-14-15-5-3-2-4-6-15/h2-6,9-10,13,17-18H,7-8,11-12,14H2,1H3/b22-21+/t17-,18+,25?/m1/s1. The lowest BCUT2D eigenvalue weighted by Crippen LogP contribution is -2.15. The van der Waals surface area contributed by atoms with E-state index in [0.29, 0.717) is 18.4 Å². The molecule has 0 saturated heterocycles. The van der Waals surface area contributed by atoms with Crippen molar-refractivity contribution < 1.29 is 8.95 Å². The van der Waals surface area contributed by atoms with E-state index < -0.39 is 11.0 Å². The maximum absolute atomic E-state index is 11.6. The predicted octanol–water partition coefficient (Wildman–Crippen LogP) is 4.12. The van der Waals surface area contributed by atoms with Gasteiger partial charge in [0.25, 0.3) is 0 Å². The molecule has 0 aliphatic heterocycles. The highest BCUT2D eigenvalue weighted by Crippen LogP contribution is 2.39. The Morgan fingerprint density at radius 2 is 1.76 bits per heavy atom. The zero-order valence-electron chi connectivity index (χ0n) is 14.5. The summed E-state index contributed by atoms with van der Waals surface area (Å²) in [6.07, 6.45) is 6.01. The number of benzene rings is 2. The third-order valence-electron chi connectivity index (χ3n) is 5.29. The highest BCUT2D eigenvalue weighted by atomic mass is 32.2. The zero-order chi connectivity index (χ0) is 17.2. The molecule has 0 spiro atoms. The monoisotopic (exact) mass is 353 g/mol. The summed E-state index contributed by atoms with van der Waals surface area (Å²) in [5.74, 6) is 1.84. The summed E-state index contributed by atoms with van der Waals surface area (Å²) in [4.78, 5) is 0. The summed E-state index contributed by atoms with van der Waals surface area (Å²) in [5, 5.41) is 0. The second-order valence-electron chi connectivity index (χ2n) is 7.02. The van der Waals surface area contributed by atoms with Crippen LogP contribution in [0.2, 0.25) is 0 Å². The normalized spacial score (nSPS) is 24.6. The second-order valence-corrected chi connectivity index (χ2v) is 8.05. The van der Waals surface area contributed by atoms with Gasteiger partial charge in [0.1, 0.15) is 23.3 Å². The summed E-state index contributed by atoms with van der Waals surface area (Å²) < 4.78 is 22.0. The Morgan fingerprint density at radius 3 is 2.48 bits per heavy atom. The zero-order valence-corrected chi connectivity index (χ0v) is 15.3. The van der Waals surface area contributed by atoms with Gasteiger partial charge in [-0.3, -0.25) is 0 Å². The molecule has 25 heavy (non-hydrogen) atoms. The van der Waals surface area contributed by atoms with E-state index >= 15 is 0 Å². The van der Waals surface area contributed by atoms with E-state index in [2.05, 4.69) is 34.7 Å². The molecule has 1 unspecified atom stereocenters. The fourth-order valence-electron chi connectivity index (χ4n) is 4.10. The lowest BCUT2D eigenvalue weighted by molar-refractivity contribution is 0.305. The summed E-state index contributed by atoms with van der Waals surface area (Å²) in [7, 11) is -1.10. The van der Waals surface area contributed by atoms with Gasteiger partial charge in [-0.2, -0.15) is 4.40 Å². The first-order valence-corrected chi connectivity index (χ1v) is 10.4. The van der Waals surface area contributed by atoms with E-state index in [1.54, 1.807) is 6.26 Å². The minimum Gasteiger partial charge on any atom is -0.489 e. The van der Waals surface area contributed by atoms with Crippen LogP contribution in [0.1, 0.15) is 29.5 Å². The van der Waals surface area contributed by atoms with Crippen molar-refractivity contribution in [2.45, 2.75) is 32.3 Å². The van der Waals surface area contributed by atoms with Crippen LogP contribution in [0, 0.1) is 11.8 Å². The Labute approximate surface area is 151 Å². The van der Waals surface area contributed by atoms with Gasteiger partial charge in [-0.25, -0.2) is 4.21 Å². The van der Waals surface area contributed by atoms with Gasteiger partial charge < -0.3 is 4.74 Å². The molecule has 3 nitrogen and oxygen atoms in total. The Morgan fingerprint density at radius 1 is 1.04 bits per heavy atom. The van der Waals surface area contributed by atoms with Crippen LogP contribution in [0.5, 0.6) is 5.75 Å².